The van der Waals surface area contributed by atoms with E-state index in [2.05, 4.69) is 5.32 Å². The second kappa shape index (κ2) is 9.01. The van der Waals surface area contributed by atoms with Crippen molar-refractivity contribution in [3.63, 3.8) is 0 Å². The first-order valence-electron chi connectivity index (χ1n) is 8.87. The van der Waals surface area contributed by atoms with Crippen molar-refractivity contribution < 1.29 is 9.59 Å². The molecule has 0 radical (unpaired) electrons. The van der Waals surface area contributed by atoms with Crippen LogP contribution in [0.5, 0.6) is 0 Å². The number of anilines is 1. The molecule has 4 nitrogen and oxygen atoms in total. The third-order valence-electron chi connectivity index (χ3n) is 4.33. The quantitative estimate of drug-likeness (QED) is 0.339. The lowest BCUT2D eigenvalue weighted by atomic mass is 9.98. The van der Waals surface area contributed by atoms with Crippen molar-refractivity contribution in [2.75, 3.05) is 5.32 Å². The van der Waals surface area contributed by atoms with Crippen LogP contribution in [0.15, 0.2) is 78.4 Å². The third kappa shape index (κ3) is 4.78. The van der Waals surface area contributed by atoms with E-state index in [4.69, 9.17) is 11.6 Å². The number of allylic oxidation sites excluding steroid dienone is 1. The van der Waals surface area contributed by atoms with Crippen LogP contribution in [-0.4, -0.2) is 11.7 Å². The first-order chi connectivity index (χ1) is 14.0. The van der Waals surface area contributed by atoms with E-state index in [1.807, 2.05) is 25.1 Å². The van der Waals surface area contributed by atoms with Crippen molar-refractivity contribution in [1.82, 2.24) is 0 Å². The lowest BCUT2D eigenvalue weighted by Gasteiger charge is -2.08. The number of halogens is 1. The molecule has 0 atom stereocenters. The van der Waals surface area contributed by atoms with Crippen molar-refractivity contribution >= 4 is 35.1 Å². The molecular formula is C24H17ClN2O2. The maximum atomic E-state index is 12.7. The molecule has 0 heterocycles. The molecule has 0 saturated carbocycles. The monoisotopic (exact) mass is 400 g/mol. The summed E-state index contributed by atoms with van der Waals surface area (Å²) in [6.45, 7) is 1.83. The van der Waals surface area contributed by atoms with E-state index in [1.54, 1.807) is 60.7 Å². The van der Waals surface area contributed by atoms with E-state index in [0.29, 0.717) is 27.4 Å². The lowest BCUT2D eigenvalue weighted by Crippen LogP contribution is -2.12. The Balaban J connectivity index is 1.86. The third-order valence-corrected chi connectivity index (χ3v) is 4.66. The molecule has 0 spiro atoms. The van der Waals surface area contributed by atoms with Gasteiger partial charge < -0.3 is 5.32 Å². The molecule has 0 saturated heterocycles. The minimum absolute atomic E-state index is 0.0221. The summed E-state index contributed by atoms with van der Waals surface area (Å²) >= 11 is 6.07. The van der Waals surface area contributed by atoms with Gasteiger partial charge in [-0.2, -0.15) is 5.26 Å². The topological polar surface area (TPSA) is 70.0 Å². The van der Waals surface area contributed by atoms with Crippen LogP contribution in [0, 0.1) is 18.3 Å². The molecule has 1 N–H and O–H groups in total. The van der Waals surface area contributed by atoms with E-state index in [1.165, 1.54) is 6.08 Å². The molecule has 0 aliphatic rings. The fourth-order valence-corrected chi connectivity index (χ4v) is 3.06. The largest absolute Gasteiger partial charge is 0.322 e. The Labute approximate surface area is 174 Å². The summed E-state index contributed by atoms with van der Waals surface area (Å²) in [6.07, 6.45) is 1.51. The summed E-state index contributed by atoms with van der Waals surface area (Å²) in [7, 11) is 0. The molecule has 0 aliphatic carbocycles. The highest BCUT2D eigenvalue weighted by Crippen LogP contribution is 2.20. The maximum absolute atomic E-state index is 12.7. The molecule has 0 unspecified atom stereocenters. The Morgan fingerprint density at radius 1 is 0.966 bits per heavy atom. The molecule has 3 aromatic rings. The minimum atomic E-state index is -0.340. The normalized spacial score (nSPS) is 10.9. The number of benzene rings is 3. The first kappa shape index (κ1) is 20.1. The van der Waals surface area contributed by atoms with E-state index >= 15 is 0 Å². The van der Waals surface area contributed by atoms with Crippen molar-refractivity contribution in [3.8, 4) is 6.07 Å². The van der Waals surface area contributed by atoms with Crippen molar-refractivity contribution in [2.24, 2.45) is 0 Å². The van der Waals surface area contributed by atoms with E-state index in [9.17, 15) is 14.9 Å². The molecule has 5 heteroatoms. The Morgan fingerprint density at radius 2 is 1.66 bits per heavy atom. The van der Waals surface area contributed by atoms with Gasteiger partial charge in [-0.25, -0.2) is 0 Å². The summed E-state index contributed by atoms with van der Waals surface area (Å²) < 4.78 is 0. The zero-order valence-electron chi connectivity index (χ0n) is 15.6. The fourth-order valence-electron chi connectivity index (χ4n) is 2.84. The summed E-state index contributed by atoms with van der Waals surface area (Å²) in [5, 5.41) is 12.6. The van der Waals surface area contributed by atoms with Crippen LogP contribution in [0.4, 0.5) is 5.69 Å². The lowest BCUT2D eigenvalue weighted by molar-refractivity contribution is 0.102. The minimum Gasteiger partial charge on any atom is -0.322 e. The number of hydrogen-bond donors (Lipinski definition) is 1. The maximum Gasteiger partial charge on any atom is 0.257 e. The second-order valence-electron chi connectivity index (χ2n) is 6.37. The standard InChI is InChI=1S/C24H17ClN2O2/c1-16-7-2-3-10-20(16)23(28)18(15-26)13-17-8-6-9-19(14-17)27-24(29)21-11-4-5-12-22(21)25/h2-14H,1H3,(H,27,29)/b18-13+. The van der Waals surface area contributed by atoms with E-state index in [0.717, 1.165) is 5.56 Å². The molecule has 3 rings (SSSR count). The Morgan fingerprint density at radius 3 is 2.34 bits per heavy atom. The van der Waals surface area contributed by atoms with Crippen LogP contribution < -0.4 is 5.32 Å². The molecule has 142 valence electrons. The highest BCUT2D eigenvalue weighted by atomic mass is 35.5. The fraction of sp³-hybridized carbons (Fsp3) is 0.0417. The molecule has 29 heavy (non-hydrogen) atoms. The molecule has 0 aromatic heterocycles. The molecule has 3 aromatic carbocycles. The zero-order valence-corrected chi connectivity index (χ0v) is 16.4. The number of carbonyl (C=O) groups is 2. The summed E-state index contributed by atoms with van der Waals surface area (Å²) in [4.78, 5) is 25.1. The number of nitriles is 1. The van der Waals surface area contributed by atoms with Gasteiger partial charge in [0.1, 0.15) is 11.6 Å². The summed E-state index contributed by atoms with van der Waals surface area (Å²) in [6, 6.07) is 22.8. The molecular weight excluding hydrogens is 384 g/mol. The number of rotatable bonds is 5. The Hall–Kier alpha value is -3.68. The van der Waals surface area contributed by atoms with Crippen LogP contribution in [-0.2, 0) is 0 Å². The van der Waals surface area contributed by atoms with Crippen molar-refractivity contribution in [3.05, 3.63) is 106 Å². The van der Waals surface area contributed by atoms with Crippen LogP contribution in [0.25, 0.3) is 6.08 Å². The van der Waals surface area contributed by atoms with Gasteiger partial charge in [0.25, 0.3) is 5.91 Å². The number of nitrogens with one attached hydrogen (secondary N) is 1. The van der Waals surface area contributed by atoms with Gasteiger partial charge in [0.2, 0.25) is 5.78 Å². The predicted molar refractivity (Wildman–Crippen MR) is 115 cm³/mol. The average Bonchev–Trinajstić information content (AvgIpc) is 2.72. The Bertz CT molecular complexity index is 1160. The van der Waals surface area contributed by atoms with Crippen molar-refractivity contribution in [1.29, 1.82) is 5.26 Å². The van der Waals surface area contributed by atoms with Gasteiger partial charge in [-0.05, 0) is 48.4 Å². The van der Waals surface area contributed by atoms with Gasteiger partial charge in [0.05, 0.1) is 10.6 Å². The van der Waals surface area contributed by atoms with Crippen LogP contribution in [0.3, 0.4) is 0 Å². The summed E-state index contributed by atoms with van der Waals surface area (Å²) in [5.74, 6) is -0.677. The number of nitrogens with zero attached hydrogens (tertiary/aromatic N) is 1. The van der Waals surface area contributed by atoms with Crippen molar-refractivity contribution in [2.45, 2.75) is 6.92 Å². The first-order valence-corrected chi connectivity index (χ1v) is 9.25. The number of amides is 1. The van der Waals surface area contributed by atoms with Gasteiger partial charge in [-0.3, -0.25) is 9.59 Å². The highest BCUT2D eigenvalue weighted by Gasteiger charge is 2.14. The smallest absolute Gasteiger partial charge is 0.257 e. The van der Waals surface area contributed by atoms with Gasteiger partial charge in [-0.15, -0.1) is 0 Å². The van der Waals surface area contributed by atoms with E-state index < -0.39 is 0 Å². The summed E-state index contributed by atoms with van der Waals surface area (Å²) in [5.41, 5.74) is 2.84. The van der Waals surface area contributed by atoms with E-state index in [-0.39, 0.29) is 17.3 Å². The number of aryl methyl sites for hydroxylation is 1. The molecule has 0 fully saturated rings. The van der Waals surface area contributed by atoms with Crippen LogP contribution in [0.1, 0.15) is 31.8 Å². The molecule has 1 amide bonds. The van der Waals surface area contributed by atoms with Crippen LogP contribution in [0.2, 0.25) is 5.02 Å². The zero-order chi connectivity index (χ0) is 20.8. The predicted octanol–water partition coefficient (Wildman–Crippen LogP) is 5.69. The molecule has 0 bridgehead atoms. The highest BCUT2D eigenvalue weighted by molar-refractivity contribution is 6.34. The van der Waals surface area contributed by atoms with Gasteiger partial charge in [0, 0.05) is 11.3 Å². The Kier molecular flexibility index (Phi) is 6.23. The number of carbonyl (C=O) groups excluding carboxylic acids is 2. The van der Waals surface area contributed by atoms with Gasteiger partial charge in [-0.1, -0.05) is 60.1 Å². The number of Topliss-reactive ketones (excluding diaryl/α,β-unsaturated/α-hetero) is 1. The number of ketones is 1. The van der Waals surface area contributed by atoms with Crippen LogP contribution >= 0.6 is 11.6 Å². The van der Waals surface area contributed by atoms with Gasteiger partial charge >= 0.3 is 0 Å². The number of hydrogen-bond acceptors (Lipinski definition) is 3. The molecule has 0 aliphatic heterocycles. The SMILES string of the molecule is Cc1ccccc1C(=O)/C(C#N)=C/c1cccc(NC(=O)c2ccccc2Cl)c1. The second-order valence-corrected chi connectivity index (χ2v) is 6.78. The van der Waals surface area contributed by atoms with Gasteiger partial charge in [0.15, 0.2) is 0 Å². The average molecular weight is 401 g/mol.